The van der Waals surface area contributed by atoms with Crippen molar-refractivity contribution in [2.24, 2.45) is 0 Å². The maximum Gasteiger partial charge on any atom is 0.436 e. The van der Waals surface area contributed by atoms with E-state index in [0.29, 0.717) is 30.1 Å². The Morgan fingerprint density at radius 1 is 1.19 bits per heavy atom. The summed E-state index contributed by atoms with van der Waals surface area (Å²) in [5.74, 6) is -0.385. The number of hydrogen-bond acceptors (Lipinski definition) is 3. The highest BCUT2D eigenvalue weighted by Crippen LogP contribution is 2.35. The number of carbonyl (C=O) groups is 1. The van der Waals surface area contributed by atoms with Gasteiger partial charge < -0.3 is 4.90 Å². The first-order valence-corrected chi connectivity index (χ1v) is 10.3. The fraction of sp³-hybridized carbons (Fsp3) is 0.350. The molecule has 1 aliphatic rings. The Kier molecular flexibility index (Phi) is 5.51. The standard InChI is InChI=1S/C20H18Cl2F3N5O/c1-11-8-13(5-6-14(11)21)30-9-16-15(26-30)4-3-7-28(16)17(31)10-29-12(2)18(22)19(27-29)20(23,24)25/h5-6,8-9H,3-4,7,10H2,1-2H3. The van der Waals surface area contributed by atoms with Crippen LogP contribution in [0.25, 0.3) is 5.69 Å². The van der Waals surface area contributed by atoms with Crippen LogP contribution < -0.4 is 4.90 Å². The molecule has 3 aromatic rings. The van der Waals surface area contributed by atoms with Crippen molar-refractivity contribution < 1.29 is 18.0 Å². The third kappa shape index (κ3) is 4.04. The Balaban J connectivity index is 1.62. The fourth-order valence-electron chi connectivity index (χ4n) is 3.56. The summed E-state index contributed by atoms with van der Waals surface area (Å²) in [6.45, 7) is 3.38. The highest BCUT2D eigenvalue weighted by Gasteiger charge is 2.38. The van der Waals surface area contributed by atoms with Gasteiger partial charge in [0.25, 0.3) is 0 Å². The van der Waals surface area contributed by atoms with Crippen LogP contribution in [0.15, 0.2) is 24.4 Å². The van der Waals surface area contributed by atoms with E-state index in [4.69, 9.17) is 23.2 Å². The first-order chi connectivity index (χ1) is 14.6. The van der Waals surface area contributed by atoms with Crippen LogP contribution in [0.1, 0.15) is 29.1 Å². The van der Waals surface area contributed by atoms with E-state index in [-0.39, 0.29) is 18.1 Å². The molecule has 1 amide bonds. The van der Waals surface area contributed by atoms with Crippen LogP contribution in [-0.2, 0) is 23.9 Å². The molecule has 2 aromatic heterocycles. The van der Waals surface area contributed by atoms with E-state index in [9.17, 15) is 18.0 Å². The summed E-state index contributed by atoms with van der Waals surface area (Å²) < 4.78 is 41.9. The third-order valence-electron chi connectivity index (χ3n) is 5.25. The monoisotopic (exact) mass is 471 g/mol. The molecule has 6 nitrogen and oxygen atoms in total. The van der Waals surface area contributed by atoms with Crippen molar-refractivity contribution in [1.29, 1.82) is 0 Å². The third-order valence-corrected chi connectivity index (χ3v) is 6.13. The Hall–Kier alpha value is -2.52. The minimum Gasteiger partial charge on any atom is -0.308 e. The number of amides is 1. The van der Waals surface area contributed by atoms with Crippen molar-refractivity contribution in [2.45, 2.75) is 39.4 Å². The summed E-state index contributed by atoms with van der Waals surface area (Å²) in [7, 11) is 0. The van der Waals surface area contributed by atoms with Gasteiger partial charge in [0.2, 0.25) is 5.91 Å². The Bertz CT molecular complexity index is 1170. The SMILES string of the molecule is Cc1cc(-n2cc3c(n2)CCCN3C(=O)Cn2nc(C(F)(F)F)c(Cl)c2C)ccc1Cl. The molecule has 0 bridgehead atoms. The second-order valence-corrected chi connectivity index (χ2v) is 8.18. The number of halogens is 5. The Labute approximate surface area is 186 Å². The van der Waals surface area contributed by atoms with Crippen LogP contribution in [0.2, 0.25) is 10.0 Å². The average molecular weight is 472 g/mol. The maximum absolute atomic E-state index is 13.1. The smallest absolute Gasteiger partial charge is 0.308 e. The molecule has 0 unspecified atom stereocenters. The minimum atomic E-state index is -4.69. The lowest BCUT2D eigenvalue weighted by Crippen LogP contribution is -2.37. The summed E-state index contributed by atoms with van der Waals surface area (Å²) in [6, 6.07) is 5.49. The van der Waals surface area contributed by atoms with Crippen LogP contribution in [0.5, 0.6) is 0 Å². The van der Waals surface area contributed by atoms with Gasteiger partial charge in [-0.05, 0) is 50.5 Å². The molecular weight excluding hydrogens is 454 g/mol. The number of hydrogen-bond donors (Lipinski definition) is 0. The summed E-state index contributed by atoms with van der Waals surface area (Å²) in [4.78, 5) is 14.5. The first-order valence-electron chi connectivity index (χ1n) is 9.52. The molecule has 0 fully saturated rings. The second-order valence-electron chi connectivity index (χ2n) is 7.39. The highest BCUT2D eigenvalue weighted by molar-refractivity contribution is 6.32. The first kappa shape index (κ1) is 21.7. The molecule has 0 N–H and O–H groups in total. The summed E-state index contributed by atoms with van der Waals surface area (Å²) in [6.07, 6.45) is -1.54. The van der Waals surface area contributed by atoms with Crippen LogP contribution in [0.4, 0.5) is 18.9 Å². The van der Waals surface area contributed by atoms with Crippen LogP contribution >= 0.6 is 23.2 Å². The zero-order valence-electron chi connectivity index (χ0n) is 16.7. The molecule has 1 aliphatic heterocycles. The summed E-state index contributed by atoms with van der Waals surface area (Å²) >= 11 is 11.9. The molecule has 0 saturated heterocycles. The number of nitrogens with zero attached hydrogens (tertiary/aromatic N) is 5. The number of alkyl halides is 3. The highest BCUT2D eigenvalue weighted by atomic mass is 35.5. The molecule has 4 rings (SSSR count). The van der Waals surface area contributed by atoms with Crippen molar-refractivity contribution >= 4 is 34.8 Å². The van der Waals surface area contributed by atoms with Crippen molar-refractivity contribution in [2.75, 3.05) is 11.4 Å². The van der Waals surface area contributed by atoms with E-state index in [1.807, 2.05) is 19.1 Å². The molecule has 0 spiro atoms. The molecule has 0 atom stereocenters. The van der Waals surface area contributed by atoms with E-state index in [1.54, 1.807) is 16.9 Å². The summed E-state index contributed by atoms with van der Waals surface area (Å²) in [5.41, 5.74) is 1.98. The van der Waals surface area contributed by atoms with E-state index in [2.05, 4.69) is 10.2 Å². The van der Waals surface area contributed by atoms with Crippen molar-refractivity contribution in [1.82, 2.24) is 19.6 Å². The topological polar surface area (TPSA) is 56.0 Å². The molecular formula is C20H18Cl2F3N5O. The molecule has 0 radical (unpaired) electrons. The average Bonchev–Trinajstić information content (AvgIpc) is 3.26. The van der Waals surface area contributed by atoms with Gasteiger partial charge in [0.15, 0.2) is 5.69 Å². The van der Waals surface area contributed by atoms with Crippen LogP contribution in [-0.4, -0.2) is 32.0 Å². The van der Waals surface area contributed by atoms with Gasteiger partial charge in [-0.3, -0.25) is 9.48 Å². The van der Waals surface area contributed by atoms with Gasteiger partial charge in [0.05, 0.1) is 34.0 Å². The van der Waals surface area contributed by atoms with Crippen molar-refractivity contribution in [3.8, 4) is 5.69 Å². The fourth-order valence-corrected chi connectivity index (χ4v) is 3.92. The second kappa shape index (κ2) is 7.87. The van der Waals surface area contributed by atoms with E-state index in [1.165, 1.54) is 11.8 Å². The lowest BCUT2D eigenvalue weighted by atomic mass is 10.1. The van der Waals surface area contributed by atoms with E-state index < -0.39 is 16.9 Å². The molecule has 0 saturated carbocycles. The van der Waals surface area contributed by atoms with Crippen molar-refractivity contribution in [3.05, 3.63) is 57.1 Å². The molecule has 31 heavy (non-hydrogen) atoms. The number of rotatable bonds is 3. The van der Waals surface area contributed by atoms with Crippen molar-refractivity contribution in [3.63, 3.8) is 0 Å². The number of anilines is 1. The van der Waals surface area contributed by atoms with E-state index in [0.717, 1.165) is 21.6 Å². The molecule has 3 heterocycles. The molecule has 0 aliphatic carbocycles. The van der Waals surface area contributed by atoms with Gasteiger partial charge in [-0.25, -0.2) is 4.68 Å². The van der Waals surface area contributed by atoms with Gasteiger partial charge in [-0.2, -0.15) is 23.4 Å². The Morgan fingerprint density at radius 2 is 1.94 bits per heavy atom. The zero-order valence-corrected chi connectivity index (χ0v) is 18.2. The van der Waals surface area contributed by atoms with Gasteiger partial charge in [-0.1, -0.05) is 23.2 Å². The van der Waals surface area contributed by atoms with Gasteiger partial charge in [0.1, 0.15) is 6.54 Å². The normalized spacial score (nSPS) is 14.1. The van der Waals surface area contributed by atoms with E-state index >= 15 is 0 Å². The number of fused-ring (bicyclic) bond motifs is 1. The lowest BCUT2D eigenvalue weighted by molar-refractivity contribution is -0.141. The largest absolute Gasteiger partial charge is 0.436 e. The van der Waals surface area contributed by atoms with Gasteiger partial charge in [-0.15, -0.1) is 0 Å². The minimum absolute atomic E-state index is 0.0897. The van der Waals surface area contributed by atoms with Crippen LogP contribution in [0.3, 0.4) is 0 Å². The number of aryl methyl sites for hydroxylation is 2. The molecule has 11 heteroatoms. The quantitative estimate of drug-likeness (QED) is 0.540. The predicted octanol–water partition coefficient (Wildman–Crippen LogP) is 4.99. The predicted molar refractivity (Wildman–Crippen MR) is 111 cm³/mol. The lowest BCUT2D eigenvalue weighted by Gasteiger charge is -2.26. The zero-order chi connectivity index (χ0) is 22.5. The van der Waals surface area contributed by atoms with Gasteiger partial charge in [0, 0.05) is 11.6 Å². The van der Waals surface area contributed by atoms with Crippen LogP contribution in [0, 0.1) is 13.8 Å². The van der Waals surface area contributed by atoms with Gasteiger partial charge >= 0.3 is 6.18 Å². The molecule has 164 valence electrons. The Morgan fingerprint density at radius 3 is 2.58 bits per heavy atom. The maximum atomic E-state index is 13.1. The number of benzene rings is 1. The molecule has 1 aromatic carbocycles. The number of carbonyl (C=O) groups excluding carboxylic acids is 1. The number of aromatic nitrogens is 4. The summed E-state index contributed by atoms with van der Waals surface area (Å²) in [5, 5.41) is 8.26.